The molecule has 1 aromatic carbocycles. The van der Waals surface area contributed by atoms with Gasteiger partial charge in [-0.25, -0.2) is 4.98 Å². The number of aliphatic hydroxyl groups is 1. The Hall–Kier alpha value is -3.37. The Morgan fingerprint density at radius 2 is 1.42 bits per heavy atom. The van der Waals surface area contributed by atoms with E-state index in [9.17, 15) is 4.79 Å². The Bertz CT molecular complexity index is 1090. The van der Waals surface area contributed by atoms with Gasteiger partial charge in [0, 0.05) is 58.9 Å². The minimum Gasteiger partial charge on any atom is -0.395 e. The van der Waals surface area contributed by atoms with Gasteiger partial charge in [0.1, 0.15) is 5.69 Å². The smallest absolute Gasteiger partial charge is 0.274 e. The molecule has 0 saturated carbocycles. The predicted molar refractivity (Wildman–Crippen MR) is 125 cm³/mol. The van der Waals surface area contributed by atoms with Crippen molar-refractivity contribution < 1.29 is 9.90 Å². The molecule has 2 aliphatic heterocycles. The second kappa shape index (κ2) is 9.63. The predicted octanol–water partition coefficient (Wildman–Crippen LogP) is 0.497. The van der Waals surface area contributed by atoms with Crippen LogP contribution in [0, 0.1) is 0 Å². The number of benzene rings is 1. The number of aliphatic hydroxyl groups excluding tert-OH is 1. The summed E-state index contributed by atoms with van der Waals surface area (Å²) in [4.78, 5) is 30.2. The molecule has 10 heteroatoms. The van der Waals surface area contributed by atoms with Crippen LogP contribution in [0.1, 0.15) is 10.5 Å². The van der Waals surface area contributed by atoms with Gasteiger partial charge >= 0.3 is 0 Å². The summed E-state index contributed by atoms with van der Waals surface area (Å²) < 4.78 is 0. The van der Waals surface area contributed by atoms with Crippen LogP contribution in [-0.4, -0.2) is 106 Å². The summed E-state index contributed by atoms with van der Waals surface area (Å²) in [6, 6.07) is 11.6. The highest BCUT2D eigenvalue weighted by Gasteiger charge is 2.25. The van der Waals surface area contributed by atoms with E-state index in [1.807, 2.05) is 41.3 Å². The van der Waals surface area contributed by atoms with Crippen molar-refractivity contribution in [1.29, 1.82) is 0 Å². The standard InChI is InChI=1S/C23H28N8O2/c32-16-15-28-7-9-29(10-8-28)21-5-6-22(27-26-21)30-11-13-31(14-12-30)23(33)20-17-24-18-3-1-2-4-19(18)25-20/h1-6,17,32H,7-16H2. The van der Waals surface area contributed by atoms with Gasteiger partial charge in [-0.2, -0.15) is 0 Å². The molecule has 1 amide bonds. The van der Waals surface area contributed by atoms with Crippen LogP contribution in [0.2, 0.25) is 0 Å². The molecule has 0 radical (unpaired) electrons. The maximum Gasteiger partial charge on any atom is 0.274 e. The van der Waals surface area contributed by atoms with Crippen molar-refractivity contribution in [2.75, 3.05) is 75.3 Å². The van der Waals surface area contributed by atoms with Gasteiger partial charge in [0.05, 0.1) is 23.8 Å². The topological polar surface area (TPSA) is 102 Å². The number of β-amino-alcohol motifs (C(OH)–C–C–N with tert-alkyl or cyclic N) is 1. The molecule has 0 aliphatic carbocycles. The third-order valence-corrected chi connectivity index (χ3v) is 6.31. The van der Waals surface area contributed by atoms with Crippen LogP contribution in [-0.2, 0) is 0 Å². The molecular formula is C23H28N8O2. The molecular weight excluding hydrogens is 420 g/mol. The SMILES string of the molecule is O=C(c1cnc2ccccc2n1)N1CCN(c2ccc(N3CCN(CCO)CC3)nn2)CC1. The number of rotatable bonds is 5. The quantitative estimate of drug-likeness (QED) is 0.598. The number of anilines is 2. The second-order valence-corrected chi connectivity index (χ2v) is 8.33. The van der Waals surface area contributed by atoms with Gasteiger partial charge in [-0.05, 0) is 24.3 Å². The largest absolute Gasteiger partial charge is 0.395 e. The first kappa shape index (κ1) is 21.5. The summed E-state index contributed by atoms with van der Waals surface area (Å²) in [5.41, 5.74) is 1.89. The molecule has 10 nitrogen and oxygen atoms in total. The second-order valence-electron chi connectivity index (χ2n) is 8.33. The van der Waals surface area contributed by atoms with E-state index < -0.39 is 0 Å². The van der Waals surface area contributed by atoms with Crippen molar-refractivity contribution in [1.82, 2.24) is 30.0 Å². The van der Waals surface area contributed by atoms with Crippen LogP contribution in [0.5, 0.6) is 0 Å². The fourth-order valence-corrected chi connectivity index (χ4v) is 4.36. The molecule has 0 bridgehead atoms. The molecule has 0 atom stereocenters. The molecule has 0 spiro atoms. The van der Waals surface area contributed by atoms with E-state index in [1.54, 1.807) is 6.20 Å². The maximum atomic E-state index is 12.9. The van der Waals surface area contributed by atoms with E-state index in [1.165, 1.54) is 0 Å². The Morgan fingerprint density at radius 1 is 0.818 bits per heavy atom. The fraction of sp³-hybridized carbons (Fsp3) is 0.435. The summed E-state index contributed by atoms with van der Waals surface area (Å²) in [6.45, 7) is 7.11. The van der Waals surface area contributed by atoms with Crippen molar-refractivity contribution in [3.05, 3.63) is 48.3 Å². The van der Waals surface area contributed by atoms with Crippen molar-refractivity contribution in [3.63, 3.8) is 0 Å². The zero-order chi connectivity index (χ0) is 22.6. The van der Waals surface area contributed by atoms with Gasteiger partial charge in [-0.15, -0.1) is 10.2 Å². The van der Waals surface area contributed by atoms with Crippen LogP contribution >= 0.6 is 0 Å². The van der Waals surface area contributed by atoms with E-state index in [2.05, 4.69) is 34.9 Å². The number of hydrogen-bond acceptors (Lipinski definition) is 9. The van der Waals surface area contributed by atoms with Gasteiger partial charge in [0.15, 0.2) is 11.6 Å². The van der Waals surface area contributed by atoms with Gasteiger partial charge in [0.25, 0.3) is 5.91 Å². The highest BCUT2D eigenvalue weighted by molar-refractivity contribution is 5.94. The van der Waals surface area contributed by atoms with Gasteiger partial charge < -0.3 is 19.8 Å². The zero-order valence-corrected chi connectivity index (χ0v) is 18.5. The number of aromatic nitrogens is 4. The molecule has 2 saturated heterocycles. The minimum absolute atomic E-state index is 0.0883. The highest BCUT2D eigenvalue weighted by Crippen LogP contribution is 2.19. The summed E-state index contributed by atoms with van der Waals surface area (Å²) in [5, 5.41) is 18.0. The first-order chi connectivity index (χ1) is 16.2. The Kier molecular flexibility index (Phi) is 6.27. The molecule has 5 rings (SSSR count). The third-order valence-electron chi connectivity index (χ3n) is 6.31. The van der Waals surface area contributed by atoms with Crippen LogP contribution in [0.15, 0.2) is 42.6 Å². The molecule has 0 unspecified atom stereocenters. The molecule has 33 heavy (non-hydrogen) atoms. The number of fused-ring (bicyclic) bond motifs is 1. The number of hydrogen-bond donors (Lipinski definition) is 1. The first-order valence-electron chi connectivity index (χ1n) is 11.4. The van der Waals surface area contributed by atoms with E-state index in [0.717, 1.165) is 55.4 Å². The minimum atomic E-state index is -0.0883. The summed E-state index contributed by atoms with van der Waals surface area (Å²) in [7, 11) is 0. The average molecular weight is 449 g/mol. The van der Waals surface area contributed by atoms with Crippen molar-refractivity contribution in [2.24, 2.45) is 0 Å². The summed E-state index contributed by atoms with van der Waals surface area (Å²) in [5.74, 6) is 1.62. The van der Waals surface area contributed by atoms with E-state index >= 15 is 0 Å². The lowest BCUT2D eigenvalue weighted by molar-refractivity contribution is 0.0740. The van der Waals surface area contributed by atoms with Crippen molar-refractivity contribution in [3.8, 4) is 0 Å². The van der Waals surface area contributed by atoms with Crippen LogP contribution in [0.4, 0.5) is 11.6 Å². The number of carbonyl (C=O) groups excluding carboxylic acids is 1. The molecule has 2 fully saturated rings. The van der Waals surface area contributed by atoms with Crippen LogP contribution in [0.25, 0.3) is 11.0 Å². The average Bonchev–Trinajstić information content (AvgIpc) is 2.89. The monoisotopic (exact) mass is 448 g/mol. The molecule has 1 N–H and O–H groups in total. The lowest BCUT2D eigenvalue weighted by Gasteiger charge is -2.36. The molecule has 172 valence electrons. The highest BCUT2D eigenvalue weighted by atomic mass is 16.3. The zero-order valence-electron chi connectivity index (χ0n) is 18.5. The normalized spacial score (nSPS) is 17.5. The van der Waals surface area contributed by atoms with E-state index in [0.29, 0.717) is 31.9 Å². The third kappa shape index (κ3) is 4.71. The molecule has 2 aromatic heterocycles. The molecule has 2 aliphatic rings. The molecule has 3 aromatic rings. The van der Waals surface area contributed by atoms with Gasteiger partial charge in [0.2, 0.25) is 0 Å². The fourth-order valence-electron chi connectivity index (χ4n) is 4.36. The van der Waals surface area contributed by atoms with E-state index in [-0.39, 0.29) is 12.5 Å². The first-order valence-corrected chi connectivity index (χ1v) is 11.4. The lowest BCUT2D eigenvalue weighted by atomic mass is 10.2. The summed E-state index contributed by atoms with van der Waals surface area (Å²) >= 11 is 0. The van der Waals surface area contributed by atoms with Crippen LogP contribution < -0.4 is 9.80 Å². The Balaban J connectivity index is 1.16. The number of nitrogens with zero attached hydrogens (tertiary/aromatic N) is 8. The maximum absolute atomic E-state index is 12.9. The number of piperazine rings is 2. The molecule has 4 heterocycles. The number of amides is 1. The van der Waals surface area contributed by atoms with Gasteiger partial charge in [-0.3, -0.25) is 14.7 Å². The van der Waals surface area contributed by atoms with Crippen molar-refractivity contribution >= 4 is 28.6 Å². The van der Waals surface area contributed by atoms with E-state index in [4.69, 9.17) is 5.11 Å². The van der Waals surface area contributed by atoms with Gasteiger partial charge in [-0.1, -0.05) is 12.1 Å². The van der Waals surface area contributed by atoms with Crippen LogP contribution in [0.3, 0.4) is 0 Å². The number of carbonyl (C=O) groups is 1. The Morgan fingerprint density at radius 3 is 2.03 bits per heavy atom. The Labute approximate surface area is 192 Å². The van der Waals surface area contributed by atoms with Crippen molar-refractivity contribution in [2.45, 2.75) is 0 Å². The summed E-state index contributed by atoms with van der Waals surface area (Å²) in [6.07, 6.45) is 1.56. The number of para-hydroxylation sites is 2. The lowest BCUT2D eigenvalue weighted by Crippen LogP contribution is -2.49.